The highest BCUT2D eigenvalue weighted by molar-refractivity contribution is 5.83. The van der Waals surface area contributed by atoms with Crippen molar-refractivity contribution in [2.75, 3.05) is 13.1 Å². The maximum absolute atomic E-state index is 3.53. The van der Waals surface area contributed by atoms with Crippen LogP contribution < -0.4 is 5.32 Å². The second-order valence-corrected chi connectivity index (χ2v) is 6.07. The summed E-state index contributed by atoms with van der Waals surface area (Å²) in [6.45, 7) is 10.1. The fourth-order valence-corrected chi connectivity index (χ4v) is 2.74. The number of aryl methyl sites for hydroxylation is 2. The third kappa shape index (κ3) is 3.86. The van der Waals surface area contributed by atoms with Crippen LogP contribution in [0.1, 0.15) is 39.2 Å². The molecule has 0 amide bonds. The second-order valence-electron chi connectivity index (χ2n) is 6.07. The van der Waals surface area contributed by atoms with Crippen LogP contribution in [0.5, 0.6) is 0 Å². The van der Waals surface area contributed by atoms with Crippen LogP contribution in [0, 0.1) is 5.92 Å². The third-order valence-corrected chi connectivity index (χ3v) is 3.69. The van der Waals surface area contributed by atoms with Gasteiger partial charge < -0.3 is 9.88 Å². The van der Waals surface area contributed by atoms with Crippen molar-refractivity contribution < 1.29 is 0 Å². The fraction of sp³-hybridized carbons (Fsp3) is 0.556. The number of fused-ring (bicyclic) bond motifs is 1. The number of nitrogens with zero attached hydrogens (tertiary/aromatic N) is 1. The van der Waals surface area contributed by atoms with E-state index in [9.17, 15) is 0 Å². The molecule has 1 aromatic heterocycles. The molecule has 0 saturated heterocycles. The zero-order valence-corrected chi connectivity index (χ0v) is 13.2. The van der Waals surface area contributed by atoms with E-state index in [4.69, 9.17) is 0 Å². The molecule has 0 saturated carbocycles. The summed E-state index contributed by atoms with van der Waals surface area (Å²) in [5.41, 5.74) is 2.89. The van der Waals surface area contributed by atoms with Crippen LogP contribution in [0.4, 0.5) is 0 Å². The Hall–Kier alpha value is -1.28. The number of aromatic nitrogens is 1. The number of rotatable bonds is 8. The largest absolute Gasteiger partial charge is 0.347 e. The molecule has 0 fully saturated rings. The van der Waals surface area contributed by atoms with Crippen LogP contribution in [-0.2, 0) is 13.0 Å². The van der Waals surface area contributed by atoms with Crippen LogP contribution in [0.25, 0.3) is 10.9 Å². The summed E-state index contributed by atoms with van der Waals surface area (Å²) < 4.78 is 2.41. The lowest BCUT2D eigenvalue weighted by Crippen LogP contribution is -2.21. The molecule has 0 atom stereocenters. The third-order valence-electron chi connectivity index (χ3n) is 3.69. The average Bonchev–Trinajstić information content (AvgIpc) is 2.77. The molecule has 1 aromatic carbocycles. The number of hydrogen-bond acceptors (Lipinski definition) is 1. The Kier molecular flexibility index (Phi) is 5.66. The highest BCUT2D eigenvalue weighted by Crippen LogP contribution is 2.22. The van der Waals surface area contributed by atoms with E-state index >= 15 is 0 Å². The number of nitrogens with one attached hydrogen (secondary N) is 1. The van der Waals surface area contributed by atoms with Crippen LogP contribution in [0.15, 0.2) is 30.5 Å². The zero-order chi connectivity index (χ0) is 14.4. The predicted octanol–water partition coefficient (Wildman–Crippen LogP) is 4.23. The Morgan fingerprint density at radius 3 is 2.75 bits per heavy atom. The van der Waals surface area contributed by atoms with Gasteiger partial charge in [-0.15, -0.1) is 0 Å². The van der Waals surface area contributed by atoms with Gasteiger partial charge in [0.2, 0.25) is 0 Å². The van der Waals surface area contributed by atoms with Gasteiger partial charge in [0.05, 0.1) is 0 Å². The van der Waals surface area contributed by atoms with Gasteiger partial charge in [-0.2, -0.15) is 0 Å². The lowest BCUT2D eigenvalue weighted by molar-refractivity contribution is 0.543. The van der Waals surface area contributed by atoms with Crippen molar-refractivity contribution in [3.05, 3.63) is 36.0 Å². The van der Waals surface area contributed by atoms with Gasteiger partial charge in [0.15, 0.2) is 0 Å². The van der Waals surface area contributed by atoms with Crippen molar-refractivity contribution >= 4 is 10.9 Å². The van der Waals surface area contributed by atoms with Crippen LogP contribution in [0.2, 0.25) is 0 Å². The monoisotopic (exact) mass is 272 g/mol. The zero-order valence-electron chi connectivity index (χ0n) is 13.2. The summed E-state index contributed by atoms with van der Waals surface area (Å²) in [6, 6.07) is 8.80. The van der Waals surface area contributed by atoms with Crippen molar-refractivity contribution in [2.24, 2.45) is 5.92 Å². The van der Waals surface area contributed by atoms with Crippen LogP contribution >= 0.6 is 0 Å². The number of benzene rings is 1. The molecule has 20 heavy (non-hydrogen) atoms. The van der Waals surface area contributed by atoms with E-state index in [0.717, 1.165) is 25.6 Å². The summed E-state index contributed by atoms with van der Waals surface area (Å²) in [5.74, 6) is 0.737. The van der Waals surface area contributed by atoms with Crippen molar-refractivity contribution in [2.45, 2.75) is 46.6 Å². The summed E-state index contributed by atoms with van der Waals surface area (Å²) >= 11 is 0. The van der Waals surface area contributed by atoms with Crippen molar-refractivity contribution in [1.29, 1.82) is 0 Å². The molecule has 0 unspecified atom stereocenters. The highest BCUT2D eigenvalue weighted by Gasteiger charge is 2.07. The van der Waals surface area contributed by atoms with Gasteiger partial charge in [-0.1, -0.05) is 39.0 Å². The van der Waals surface area contributed by atoms with E-state index < -0.39 is 0 Å². The van der Waals surface area contributed by atoms with Gasteiger partial charge in [0, 0.05) is 23.6 Å². The Labute approximate surface area is 123 Å². The Balaban J connectivity index is 1.99. The van der Waals surface area contributed by atoms with Gasteiger partial charge in [-0.25, -0.2) is 0 Å². The SMILES string of the molecule is CCCn1cc(CCCNCC(C)C)c2ccccc21. The second kappa shape index (κ2) is 7.49. The quantitative estimate of drug-likeness (QED) is 0.712. The minimum atomic E-state index is 0.737. The summed E-state index contributed by atoms with van der Waals surface area (Å²) in [6.07, 6.45) is 5.93. The first-order chi connectivity index (χ1) is 9.72. The lowest BCUT2D eigenvalue weighted by Gasteiger charge is -2.06. The van der Waals surface area contributed by atoms with Crippen LogP contribution in [-0.4, -0.2) is 17.7 Å². The first kappa shape index (κ1) is 15.1. The van der Waals surface area contributed by atoms with E-state index in [-0.39, 0.29) is 0 Å². The molecule has 110 valence electrons. The lowest BCUT2D eigenvalue weighted by atomic mass is 10.1. The summed E-state index contributed by atoms with van der Waals surface area (Å²) in [5, 5.41) is 4.96. The van der Waals surface area contributed by atoms with E-state index in [1.165, 1.54) is 35.7 Å². The van der Waals surface area contributed by atoms with Gasteiger partial charge in [-0.05, 0) is 49.9 Å². The predicted molar refractivity (Wildman–Crippen MR) is 88.3 cm³/mol. The Bertz CT molecular complexity index is 525. The molecule has 2 heteroatoms. The normalized spacial score (nSPS) is 11.6. The molecule has 0 aliphatic rings. The minimum absolute atomic E-state index is 0.737. The van der Waals surface area contributed by atoms with E-state index in [0.29, 0.717) is 0 Å². The molecule has 2 aromatic rings. The molecule has 0 bridgehead atoms. The molecule has 0 aliphatic heterocycles. The van der Waals surface area contributed by atoms with Gasteiger partial charge >= 0.3 is 0 Å². The fourth-order valence-electron chi connectivity index (χ4n) is 2.74. The topological polar surface area (TPSA) is 17.0 Å². The van der Waals surface area contributed by atoms with Crippen molar-refractivity contribution in [3.8, 4) is 0 Å². The molecule has 0 radical (unpaired) electrons. The summed E-state index contributed by atoms with van der Waals surface area (Å²) in [7, 11) is 0. The Morgan fingerprint density at radius 1 is 1.20 bits per heavy atom. The number of hydrogen-bond donors (Lipinski definition) is 1. The first-order valence-electron chi connectivity index (χ1n) is 7.99. The molecular formula is C18H28N2. The Morgan fingerprint density at radius 2 is 2.00 bits per heavy atom. The van der Waals surface area contributed by atoms with E-state index in [1.54, 1.807) is 0 Å². The first-order valence-corrected chi connectivity index (χ1v) is 7.99. The molecule has 0 spiro atoms. The smallest absolute Gasteiger partial charge is 0.0483 e. The highest BCUT2D eigenvalue weighted by atomic mass is 15.0. The maximum atomic E-state index is 3.53. The molecule has 0 aliphatic carbocycles. The molecule has 1 N–H and O–H groups in total. The summed E-state index contributed by atoms with van der Waals surface area (Å²) in [4.78, 5) is 0. The molecule has 1 heterocycles. The van der Waals surface area contributed by atoms with Gasteiger partial charge in [0.25, 0.3) is 0 Å². The van der Waals surface area contributed by atoms with E-state index in [1.807, 2.05) is 0 Å². The minimum Gasteiger partial charge on any atom is -0.347 e. The van der Waals surface area contributed by atoms with Crippen molar-refractivity contribution in [3.63, 3.8) is 0 Å². The van der Waals surface area contributed by atoms with Gasteiger partial charge in [-0.3, -0.25) is 0 Å². The molecule has 2 nitrogen and oxygen atoms in total. The number of para-hydroxylation sites is 1. The van der Waals surface area contributed by atoms with E-state index in [2.05, 4.69) is 61.1 Å². The van der Waals surface area contributed by atoms with Crippen molar-refractivity contribution in [1.82, 2.24) is 9.88 Å². The van der Waals surface area contributed by atoms with Crippen LogP contribution in [0.3, 0.4) is 0 Å². The maximum Gasteiger partial charge on any atom is 0.0483 e. The molecule has 2 rings (SSSR count). The molecular weight excluding hydrogens is 244 g/mol. The average molecular weight is 272 g/mol. The van der Waals surface area contributed by atoms with Gasteiger partial charge in [0.1, 0.15) is 0 Å². The standard InChI is InChI=1S/C18H28N2/c1-4-12-20-14-16(8-7-11-19-13-15(2)3)17-9-5-6-10-18(17)20/h5-6,9-10,14-15,19H,4,7-8,11-13H2,1-3H3.